The Balaban J connectivity index is 1.42. The van der Waals surface area contributed by atoms with Crippen LogP contribution in [0.15, 0.2) is 41.5 Å². The molecule has 132 valence electrons. The van der Waals surface area contributed by atoms with Gasteiger partial charge in [-0.3, -0.25) is 4.99 Å². The number of rotatable bonds is 4. The first-order valence-corrected chi connectivity index (χ1v) is 8.96. The molecule has 0 amide bonds. The van der Waals surface area contributed by atoms with E-state index >= 15 is 0 Å². The fourth-order valence-corrected chi connectivity index (χ4v) is 3.77. The second-order valence-corrected chi connectivity index (χ2v) is 6.82. The highest BCUT2D eigenvalue weighted by atomic mass is 16.5. The molecule has 0 saturated carbocycles. The molecule has 1 aromatic carbocycles. The Labute approximate surface area is 148 Å². The molecular formula is C19H25N5O. The Hall–Kier alpha value is -2.34. The molecule has 3 heterocycles. The minimum absolute atomic E-state index is 0.336. The van der Waals surface area contributed by atoms with Crippen molar-refractivity contribution in [2.24, 2.45) is 4.99 Å². The molecule has 4 rings (SSSR count). The number of nitrogens with one attached hydrogen (secondary N) is 2. The first-order valence-electron chi connectivity index (χ1n) is 8.96. The molecule has 0 radical (unpaired) electrons. The van der Waals surface area contributed by atoms with Gasteiger partial charge in [-0.05, 0) is 43.9 Å². The predicted octanol–water partition coefficient (Wildman–Crippen LogP) is 2.17. The van der Waals surface area contributed by atoms with E-state index in [-0.39, 0.29) is 0 Å². The molecule has 3 atom stereocenters. The predicted molar refractivity (Wildman–Crippen MR) is 97.9 cm³/mol. The van der Waals surface area contributed by atoms with E-state index in [0.29, 0.717) is 24.8 Å². The molecular weight excluding hydrogens is 314 g/mol. The Morgan fingerprint density at radius 2 is 2.20 bits per heavy atom. The molecule has 2 bridgehead atoms. The summed E-state index contributed by atoms with van der Waals surface area (Å²) in [6.45, 7) is 2.69. The van der Waals surface area contributed by atoms with Gasteiger partial charge < -0.3 is 15.4 Å². The van der Waals surface area contributed by atoms with Crippen molar-refractivity contribution < 1.29 is 4.74 Å². The van der Waals surface area contributed by atoms with E-state index in [9.17, 15) is 0 Å². The van der Waals surface area contributed by atoms with E-state index in [2.05, 4.69) is 38.9 Å². The van der Waals surface area contributed by atoms with Gasteiger partial charge in [0.15, 0.2) is 5.96 Å². The van der Waals surface area contributed by atoms with Gasteiger partial charge in [-0.15, -0.1) is 0 Å². The van der Waals surface area contributed by atoms with Gasteiger partial charge >= 0.3 is 0 Å². The normalized spacial score (nSPS) is 25.4. The van der Waals surface area contributed by atoms with Gasteiger partial charge in [0.25, 0.3) is 0 Å². The SMILES string of the molecule is CN=C(NCc1ccccc1-n1ccc(C)n1)NC1CC2CCC1O2. The molecule has 2 N–H and O–H groups in total. The highest BCUT2D eigenvalue weighted by Gasteiger charge is 2.41. The van der Waals surface area contributed by atoms with Crippen LogP contribution in [-0.4, -0.2) is 41.0 Å². The zero-order chi connectivity index (χ0) is 17.2. The third kappa shape index (κ3) is 3.39. The van der Waals surface area contributed by atoms with Gasteiger partial charge in [0, 0.05) is 19.8 Å². The number of fused-ring (bicyclic) bond motifs is 2. The van der Waals surface area contributed by atoms with E-state index in [4.69, 9.17) is 4.74 Å². The Morgan fingerprint density at radius 1 is 1.32 bits per heavy atom. The number of ether oxygens (including phenoxy) is 1. The van der Waals surface area contributed by atoms with E-state index in [0.717, 1.165) is 30.2 Å². The molecule has 6 nitrogen and oxygen atoms in total. The van der Waals surface area contributed by atoms with Crippen LogP contribution in [-0.2, 0) is 11.3 Å². The number of aromatic nitrogens is 2. The monoisotopic (exact) mass is 339 g/mol. The van der Waals surface area contributed by atoms with E-state index in [1.54, 1.807) is 0 Å². The smallest absolute Gasteiger partial charge is 0.191 e. The summed E-state index contributed by atoms with van der Waals surface area (Å²) in [6, 6.07) is 10.7. The molecule has 6 heteroatoms. The van der Waals surface area contributed by atoms with Crippen molar-refractivity contribution in [1.29, 1.82) is 0 Å². The number of hydrogen-bond donors (Lipinski definition) is 2. The van der Waals surface area contributed by atoms with Crippen molar-refractivity contribution in [1.82, 2.24) is 20.4 Å². The van der Waals surface area contributed by atoms with Crippen molar-refractivity contribution in [2.45, 2.75) is 51.0 Å². The number of aryl methyl sites for hydroxylation is 1. The van der Waals surface area contributed by atoms with Crippen molar-refractivity contribution in [3.63, 3.8) is 0 Å². The minimum Gasteiger partial charge on any atom is -0.373 e. The molecule has 2 aromatic rings. The van der Waals surface area contributed by atoms with Gasteiger partial charge in [-0.1, -0.05) is 18.2 Å². The highest BCUT2D eigenvalue weighted by Crippen LogP contribution is 2.34. The summed E-state index contributed by atoms with van der Waals surface area (Å²) in [5.74, 6) is 0.826. The van der Waals surface area contributed by atoms with Crippen molar-refractivity contribution in [3.05, 3.63) is 47.8 Å². The maximum absolute atomic E-state index is 5.92. The first-order chi connectivity index (χ1) is 12.2. The number of guanidine groups is 1. The summed E-state index contributed by atoms with van der Waals surface area (Å²) < 4.78 is 7.84. The van der Waals surface area contributed by atoms with E-state index < -0.39 is 0 Å². The van der Waals surface area contributed by atoms with Gasteiger partial charge in [0.2, 0.25) is 0 Å². The molecule has 2 fully saturated rings. The molecule has 3 unspecified atom stereocenters. The summed E-state index contributed by atoms with van der Waals surface area (Å²) in [5.41, 5.74) is 3.27. The lowest BCUT2D eigenvalue weighted by molar-refractivity contribution is 0.0992. The zero-order valence-electron chi connectivity index (χ0n) is 14.8. The summed E-state index contributed by atoms with van der Waals surface area (Å²) in [7, 11) is 1.81. The summed E-state index contributed by atoms with van der Waals surface area (Å²) in [6.07, 6.45) is 6.20. The van der Waals surface area contributed by atoms with Crippen LogP contribution in [0, 0.1) is 6.92 Å². The average Bonchev–Trinajstić information content (AvgIpc) is 3.35. The topological polar surface area (TPSA) is 63.5 Å². The van der Waals surface area contributed by atoms with Crippen LogP contribution >= 0.6 is 0 Å². The average molecular weight is 339 g/mol. The number of aliphatic imine (C=N–C) groups is 1. The highest BCUT2D eigenvalue weighted by molar-refractivity contribution is 5.80. The largest absolute Gasteiger partial charge is 0.373 e. The van der Waals surface area contributed by atoms with Crippen molar-refractivity contribution >= 4 is 5.96 Å². The van der Waals surface area contributed by atoms with Crippen LogP contribution < -0.4 is 10.6 Å². The lowest BCUT2D eigenvalue weighted by Gasteiger charge is -2.23. The Bertz CT molecular complexity index is 769. The Morgan fingerprint density at radius 3 is 2.88 bits per heavy atom. The summed E-state index contributed by atoms with van der Waals surface area (Å²) in [4.78, 5) is 4.37. The minimum atomic E-state index is 0.336. The van der Waals surface area contributed by atoms with Crippen molar-refractivity contribution in [3.8, 4) is 5.69 Å². The third-order valence-electron chi connectivity index (χ3n) is 5.06. The first kappa shape index (κ1) is 16.1. The maximum atomic E-state index is 5.92. The molecule has 0 spiro atoms. The van der Waals surface area contributed by atoms with Crippen LogP contribution in [0.3, 0.4) is 0 Å². The molecule has 0 aliphatic carbocycles. The lowest BCUT2D eigenvalue weighted by Crippen LogP contribution is -2.47. The molecule has 25 heavy (non-hydrogen) atoms. The fourth-order valence-electron chi connectivity index (χ4n) is 3.77. The molecule has 2 aliphatic heterocycles. The summed E-state index contributed by atoms with van der Waals surface area (Å²) in [5, 5.41) is 11.5. The summed E-state index contributed by atoms with van der Waals surface area (Å²) >= 11 is 0. The second kappa shape index (κ2) is 6.88. The van der Waals surface area contributed by atoms with Crippen LogP contribution in [0.5, 0.6) is 0 Å². The fraction of sp³-hybridized carbons (Fsp3) is 0.474. The second-order valence-electron chi connectivity index (χ2n) is 6.82. The van der Waals surface area contributed by atoms with Crippen LogP contribution in [0.25, 0.3) is 5.69 Å². The van der Waals surface area contributed by atoms with Gasteiger partial charge in [-0.2, -0.15) is 5.10 Å². The van der Waals surface area contributed by atoms with E-state index in [1.807, 2.05) is 37.0 Å². The van der Waals surface area contributed by atoms with Gasteiger partial charge in [0.05, 0.1) is 29.6 Å². The lowest BCUT2D eigenvalue weighted by atomic mass is 9.96. The van der Waals surface area contributed by atoms with Crippen LogP contribution in [0.1, 0.15) is 30.5 Å². The van der Waals surface area contributed by atoms with Gasteiger partial charge in [0.1, 0.15) is 0 Å². The number of hydrogen-bond acceptors (Lipinski definition) is 3. The molecule has 2 saturated heterocycles. The quantitative estimate of drug-likeness (QED) is 0.662. The molecule has 2 aliphatic rings. The van der Waals surface area contributed by atoms with E-state index in [1.165, 1.54) is 12.0 Å². The number of nitrogens with zero attached hydrogens (tertiary/aromatic N) is 3. The third-order valence-corrected chi connectivity index (χ3v) is 5.06. The van der Waals surface area contributed by atoms with Crippen molar-refractivity contribution in [2.75, 3.05) is 7.05 Å². The number of benzene rings is 1. The maximum Gasteiger partial charge on any atom is 0.191 e. The standard InChI is InChI=1S/C19H25N5O/c1-13-9-10-24(23-13)17-6-4-3-5-14(17)12-21-19(20-2)22-16-11-15-7-8-18(16)25-15/h3-6,9-10,15-16,18H,7-8,11-12H2,1-2H3,(H2,20,21,22). The van der Waals surface area contributed by atoms with Gasteiger partial charge in [-0.25, -0.2) is 4.68 Å². The van der Waals surface area contributed by atoms with Crippen LogP contribution in [0.2, 0.25) is 0 Å². The number of para-hydroxylation sites is 1. The molecule has 1 aromatic heterocycles. The Kier molecular flexibility index (Phi) is 4.44. The van der Waals surface area contributed by atoms with Crippen LogP contribution in [0.4, 0.5) is 0 Å². The zero-order valence-corrected chi connectivity index (χ0v) is 14.8.